The smallest absolute Gasteiger partial charge is 0.0660 e. The van der Waals surface area contributed by atoms with E-state index in [9.17, 15) is 0 Å². The third kappa shape index (κ3) is 2.52. The molecule has 0 radical (unpaired) electrons. The first-order valence-corrected chi connectivity index (χ1v) is 5.34. The third-order valence-corrected chi connectivity index (χ3v) is 2.83. The molecular weight excluding hydrogens is 231 g/mol. The Labute approximate surface area is 98.4 Å². The molecule has 0 spiro atoms. The standard InChI is InChI=1S/C11H10Cl2N2/c1-8-5-14-15(6-8)7-9-2-3-10(12)11(13)4-9/h2-6H,7H2,1H3. The van der Waals surface area contributed by atoms with Gasteiger partial charge in [0.25, 0.3) is 0 Å². The summed E-state index contributed by atoms with van der Waals surface area (Å²) in [4.78, 5) is 0. The Kier molecular flexibility index (Phi) is 2.98. The Morgan fingerprint density at radius 3 is 2.67 bits per heavy atom. The number of hydrogen-bond acceptors (Lipinski definition) is 1. The maximum atomic E-state index is 5.92. The summed E-state index contributed by atoms with van der Waals surface area (Å²) in [5.74, 6) is 0. The average Bonchev–Trinajstić information content (AvgIpc) is 2.58. The van der Waals surface area contributed by atoms with Crippen LogP contribution in [0.25, 0.3) is 0 Å². The summed E-state index contributed by atoms with van der Waals surface area (Å²) in [7, 11) is 0. The zero-order chi connectivity index (χ0) is 10.8. The quantitative estimate of drug-likeness (QED) is 0.786. The van der Waals surface area contributed by atoms with E-state index >= 15 is 0 Å². The summed E-state index contributed by atoms with van der Waals surface area (Å²) in [6.45, 7) is 2.73. The minimum absolute atomic E-state index is 0.581. The van der Waals surface area contributed by atoms with Crippen molar-refractivity contribution in [1.82, 2.24) is 9.78 Å². The van der Waals surface area contributed by atoms with E-state index in [-0.39, 0.29) is 0 Å². The normalized spacial score (nSPS) is 10.6. The van der Waals surface area contributed by atoms with Crippen molar-refractivity contribution in [2.75, 3.05) is 0 Å². The van der Waals surface area contributed by atoms with Crippen LogP contribution in [0.3, 0.4) is 0 Å². The second kappa shape index (κ2) is 4.25. The van der Waals surface area contributed by atoms with Crippen LogP contribution in [0.15, 0.2) is 30.6 Å². The molecule has 2 nitrogen and oxygen atoms in total. The van der Waals surface area contributed by atoms with E-state index in [2.05, 4.69) is 5.10 Å². The predicted octanol–water partition coefficient (Wildman–Crippen LogP) is 3.55. The van der Waals surface area contributed by atoms with Crippen molar-refractivity contribution < 1.29 is 0 Å². The molecule has 1 aromatic heterocycles. The Bertz CT molecular complexity index is 477. The number of hydrogen-bond donors (Lipinski definition) is 0. The number of benzene rings is 1. The predicted molar refractivity (Wildman–Crippen MR) is 62.5 cm³/mol. The van der Waals surface area contributed by atoms with Crippen LogP contribution in [-0.2, 0) is 6.54 Å². The lowest BCUT2D eigenvalue weighted by atomic mass is 10.2. The molecule has 0 atom stereocenters. The number of aryl methyl sites for hydroxylation is 1. The van der Waals surface area contributed by atoms with Gasteiger partial charge in [-0.05, 0) is 30.2 Å². The minimum Gasteiger partial charge on any atom is -0.268 e. The summed E-state index contributed by atoms with van der Waals surface area (Å²) >= 11 is 11.8. The van der Waals surface area contributed by atoms with Gasteiger partial charge in [-0.1, -0.05) is 29.3 Å². The van der Waals surface area contributed by atoms with Crippen LogP contribution in [-0.4, -0.2) is 9.78 Å². The third-order valence-electron chi connectivity index (χ3n) is 2.09. The van der Waals surface area contributed by atoms with Crippen molar-refractivity contribution in [3.63, 3.8) is 0 Å². The van der Waals surface area contributed by atoms with Crippen molar-refractivity contribution >= 4 is 23.2 Å². The molecule has 2 rings (SSSR count). The molecule has 1 heterocycles. The molecule has 15 heavy (non-hydrogen) atoms. The summed E-state index contributed by atoms with van der Waals surface area (Å²) < 4.78 is 1.87. The Morgan fingerprint density at radius 2 is 2.07 bits per heavy atom. The topological polar surface area (TPSA) is 17.8 Å². The van der Waals surface area contributed by atoms with Gasteiger partial charge in [0.1, 0.15) is 0 Å². The number of rotatable bonds is 2. The summed E-state index contributed by atoms with van der Waals surface area (Å²) in [6, 6.07) is 5.61. The molecule has 0 saturated carbocycles. The molecule has 0 amide bonds. The maximum absolute atomic E-state index is 5.92. The van der Waals surface area contributed by atoms with Crippen LogP contribution in [0.2, 0.25) is 10.0 Å². The lowest BCUT2D eigenvalue weighted by Crippen LogP contribution is -1.99. The number of aromatic nitrogens is 2. The average molecular weight is 241 g/mol. The van der Waals surface area contributed by atoms with Gasteiger partial charge < -0.3 is 0 Å². The fourth-order valence-electron chi connectivity index (χ4n) is 1.38. The number of nitrogens with zero attached hydrogens (tertiary/aromatic N) is 2. The first-order valence-electron chi connectivity index (χ1n) is 4.58. The van der Waals surface area contributed by atoms with Crippen LogP contribution in [0, 0.1) is 6.92 Å². The molecule has 78 valence electrons. The molecule has 0 N–H and O–H groups in total. The van der Waals surface area contributed by atoms with Crippen LogP contribution in [0.5, 0.6) is 0 Å². The fourth-order valence-corrected chi connectivity index (χ4v) is 1.70. The highest BCUT2D eigenvalue weighted by Crippen LogP contribution is 2.22. The van der Waals surface area contributed by atoms with E-state index in [4.69, 9.17) is 23.2 Å². The summed E-state index contributed by atoms with van der Waals surface area (Å²) in [6.07, 6.45) is 3.82. The number of halogens is 2. The van der Waals surface area contributed by atoms with Crippen LogP contribution < -0.4 is 0 Å². The highest BCUT2D eigenvalue weighted by atomic mass is 35.5. The second-order valence-electron chi connectivity index (χ2n) is 3.46. The second-order valence-corrected chi connectivity index (χ2v) is 4.28. The van der Waals surface area contributed by atoms with Crippen molar-refractivity contribution in [3.8, 4) is 0 Å². The van der Waals surface area contributed by atoms with Crippen LogP contribution >= 0.6 is 23.2 Å². The Balaban J connectivity index is 2.21. The Hall–Kier alpha value is -0.990. The monoisotopic (exact) mass is 240 g/mol. The van der Waals surface area contributed by atoms with E-state index in [1.54, 1.807) is 6.07 Å². The van der Waals surface area contributed by atoms with Crippen molar-refractivity contribution in [2.24, 2.45) is 0 Å². The van der Waals surface area contributed by atoms with Crippen molar-refractivity contribution in [3.05, 3.63) is 51.8 Å². The van der Waals surface area contributed by atoms with Gasteiger partial charge in [-0.25, -0.2) is 0 Å². The van der Waals surface area contributed by atoms with Gasteiger partial charge in [0.15, 0.2) is 0 Å². The lowest BCUT2D eigenvalue weighted by molar-refractivity contribution is 0.686. The largest absolute Gasteiger partial charge is 0.268 e. The molecule has 0 bridgehead atoms. The highest BCUT2D eigenvalue weighted by Gasteiger charge is 2.01. The van der Waals surface area contributed by atoms with Gasteiger partial charge in [0.2, 0.25) is 0 Å². The molecule has 0 aliphatic heterocycles. The Morgan fingerprint density at radius 1 is 1.27 bits per heavy atom. The highest BCUT2D eigenvalue weighted by molar-refractivity contribution is 6.42. The van der Waals surface area contributed by atoms with Crippen molar-refractivity contribution in [2.45, 2.75) is 13.5 Å². The van der Waals surface area contributed by atoms with Gasteiger partial charge in [-0.2, -0.15) is 5.10 Å². The summed E-state index contributed by atoms with van der Waals surface area (Å²) in [5.41, 5.74) is 2.24. The van der Waals surface area contributed by atoms with E-state index < -0.39 is 0 Å². The van der Waals surface area contributed by atoms with E-state index in [0.717, 1.165) is 11.1 Å². The molecule has 1 aromatic carbocycles. The maximum Gasteiger partial charge on any atom is 0.0660 e. The summed E-state index contributed by atoms with van der Waals surface area (Å²) in [5, 5.41) is 5.37. The van der Waals surface area contributed by atoms with E-state index in [1.165, 1.54) is 0 Å². The SMILES string of the molecule is Cc1cnn(Cc2ccc(Cl)c(Cl)c2)c1. The molecule has 4 heteroatoms. The lowest BCUT2D eigenvalue weighted by Gasteiger charge is -2.03. The molecule has 2 aromatic rings. The van der Waals surface area contributed by atoms with Gasteiger partial charge in [-0.3, -0.25) is 4.68 Å². The minimum atomic E-state index is 0.581. The molecule has 0 aliphatic rings. The van der Waals surface area contributed by atoms with Crippen molar-refractivity contribution in [1.29, 1.82) is 0 Å². The zero-order valence-corrected chi connectivity index (χ0v) is 9.76. The molecule has 0 aliphatic carbocycles. The molecule has 0 fully saturated rings. The van der Waals surface area contributed by atoms with Gasteiger partial charge >= 0.3 is 0 Å². The van der Waals surface area contributed by atoms with E-state index in [0.29, 0.717) is 16.6 Å². The molecule has 0 saturated heterocycles. The van der Waals surface area contributed by atoms with Gasteiger partial charge in [0.05, 0.1) is 22.8 Å². The first kappa shape index (κ1) is 10.5. The first-order chi connectivity index (χ1) is 7.15. The molecule has 0 unspecified atom stereocenters. The van der Waals surface area contributed by atoms with Crippen LogP contribution in [0.4, 0.5) is 0 Å². The van der Waals surface area contributed by atoms with Crippen LogP contribution in [0.1, 0.15) is 11.1 Å². The van der Waals surface area contributed by atoms with Gasteiger partial charge in [0, 0.05) is 6.20 Å². The molecular formula is C11H10Cl2N2. The van der Waals surface area contributed by atoms with Gasteiger partial charge in [-0.15, -0.1) is 0 Å². The van der Waals surface area contributed by atoms with E-state index in [1.807, 2.05) is 36.1 Å². The fraction of sp³-hybridized carbons (Fsp3) is 0.182. The zero-order valence-electron chi connectivity index (χ0n) is 8.24.